The van der Waals surface area contributed by atoms with Crippen molar-refractivity contribution in [3.05, 3.63) is 65.7 Å². The molecule has 0 spiro atoms. The van der Waals surface area contributed by atoms with E-state index in [-0.39, 0.29) is 0 Å². The molecular weight excluding hydrogens is 306 g/mol. The second kappa shape index (κ2) is 8.15. The molecule has 1 atom stereocenters. The van der Waals surface area contributed by atoms with Gasteiger partial charge in [-0.1, -0.05) is 50.2 Å². The molecule has 0 aromatic heterocycles. The minimum atomic E-state index is -1.11. The van der Waals surface area contributed by atoms with Crippen LogP contribution in [-0.2, 0) is 4.79 Å². The molecule has 0 saturated heterocycles. The van der Waals surface area contributed by atoms with E-state index in [0.29, 0.717) is 29.4 Å². The fourth-order valence-electron chi connectivity index (χ4n) is 2.14. The number of carboxylic acid groups (broad SMARTS) is 1. The van der Waals surface area contributed by atoms with E-state index in [1.54, 1.807) is 54.6 Å². The van der Waals surface area contributed by atoms with Crippen LogP contribution in [0.4, 0.5) is 0 Å². The van der Waals surface area contributed by atoms with Gasteiger partial charge in [-0.2, -0.15) is 0 Å². The monoisotopic (exact) mass is 327 g/mol. The third kappa shape index (κ3) is 4.84. The summed E-state index contributed by atoms with van der Waals surface area (Å²) in [6.07, 6.45) is 0. The first-order chi connectivity index (χ1) is 11.5. The van der Waals surface area contributed by atoms with Gasteiger partial charge in [-0.15, -0.1) is 0 Å². The van der Waals surface area contributed by atoms with Crippen LogP contribution in [0.25, 0.3) is 0 Å². The van der Waals surface area contributed by atoms with Crippen LogP contribution < -0.4 is 10.1 Å². The third-order valence-corrected chi connectivity index (χ3v) is 3.33. The second-order valence-electron chi connectivity index (χ2n) is 5.89. The maximum atomic E-state index is 12.4. The lowest BCUT2D eigenvalue weighted by Crippen LogP contribution is -2.33. The number of carbonyl (C=O) groups is 2. The molecular formula is C19H21NO4. The average molecular weight is 327 g/mol. The Morgan fingerprint density at radius 1 is 1.08 bits per heavy atom. The van der Waals surface area contributed by atoms with E-state index >= 15 is 0 Å². The molecule has 0 saturated carbocycles. The minimum absolute atomic E-state index is 0.360. The molecule has 0 unspecified atom stereocenters. The lowest BCUT2D eigenvalue weighted by Gasteiger charge is -2.15. The molecule has 0 aliphatic rings. The highest BCUT2D eigenvalue weighted by Gasteiger charge is 2.22. The molecule has 2 rings (SSSR count). The van der Waals surface area contributed by atoms with E-state index in [4.69, 9.17) is 4.74 Å². The fourth-order valence-corrected chi connectivity index (χ4v) is 2.14. The Morgan fingerprint density at radius 3 is 2.42 bits per heavy atom. The average Bonchev–Trinajstić information content (AvgIpc) is 2.58. The molecule has 1 amide bonds. The summed E-state index contributed by atoms with van der Waals surface area (Å²) in [6.45, 7) is 4.62. The quantitative estimate of drug-likeness (QED) is 0.818. The van der Waals surface area contributed by atoms with Crippen molar-refractivity contribution in [1.82, 2.24) is 5.32 Å². The molecule has 126 valence electrons. The highest BCUT2D eigenvalue weighted by molar-refractivity contribution is 5.97. The van der Waals surface area contributed by atoms with Gasteiger partial charge in [-0.25, -0.2) is 4.79 Å². The van der Waals surface area contributed by atoms with Gasteiger partial charge >= 0.3 is 5.97 Å². The van der Waals surface area contributed by atoms with Gasteiger partial charge in [-0.3, -0.25) is 4.79 Å². The number of nitrogens with one attached hydrogen (secondary N) is 1. The van der Waals surface area contributed by atoms with Crippen LogP contribution in [0, 0.1) is 5.92 Å². The Balaban J connectivity index is 2.13. The highest BCUT2D eigenvalue weighted by Crippen LogP contribution is 2.17. The Bertz CT molecular complexity index is 698. The van der Waals surface area contributed by atoms with Gasteiger partial charge in [0.1, 0.15) is 5.75 Å². The Morgan fingerprint density at radius 2 is 1.79 bits per heavy atom. The summed E-state index contributed by atoms with van der Waals surface area (Å²) in [6, 6.07) is 14.2. The van der Waals surface area contributed by atoms with Crippen LogP contribution in [-0.4, -0.2) is 23.6 Å². The predicted octanol–water partition coefficient (Wildman–Crippen LogP) is 3.28. The fraction of sp³-hybridized carbons (Fsp3) is 0.263. The lowest BCUT2D eigenvalue weighted by atomic mass is 10.1. The van der Waals surface area contributed by atoms with Gasteiger partial charge in [-0.05, 0) is 29.7 Å². The van der Waals surface area contributed by atoms with Crippen molar-refractivity contribution in [2.24, 2.45) is 5.92 Å². The molecule has 2 N–H and O–H groups in total. The van der Waals surface area contributed by atoms with Crippen molar-refractivity contribution in [3.63, 3.8) is 0 Å². The molecule has 5 heteroatoms. The van der Waals surface area contributed by atoms with E-state index in [9.17, 15) is 14.7 Å². The van der Waals surface area contributed by atoms with Crippen molar-refractivity contribution in [2.45, 2.75) is 19.9 Å². The van der Waals surface area contributed by atoms with Crippen molar-refractivity contribution < 1.29 is 19.4 Å². The van der Waals surface area contributed by atoms with Crippen LogP contribution in [0.5, 0.6) is 5.75 Å². The zero-order valence-electron chi connectivity index (χ0n) is 13.7. The number of aliphatic carboxylic acids is 1. The van der Waals surface area contributed by atoms with E-state index in [1.165, 1.54) is 0 Å². The van der Waals surface area contributed by atoms with E-state index < -0.39 is 17.9 Å². The van der Waals surface area contributed by atoms with Crippen molar-refractivity contribution in [3.8, 4) is 5.75 Å². The first-order valence-corrected chi connectivity index (χ1v) is 7.79. The van der Waals surface area contributed by atoms with Crippen LogP contribution in [0.15, 0.2) is 54.6 Å². The highest BCUT2D eigenvalue weighted by atomic mass is 16.5. The van der Waals surface area contributed by atoms with Crippen LogP contribution in [0.1, 0.15) is 35.8 Å². The predicted molar refractivity (Wildman–Crippen MR) is 91.1 cm³/mol. The lowest BCUT2D eigenvalue weighted by molar-refractivity contribution is -0.139. The van der Waals surface area contributed by atoms with Gasteiger partial charge in [0.25, 0.3) is 5.91 Å². The van der Waals surface area contributed by atoms with Crippen LogP contribution in [0.3, 0.4) is 0 Å². The van der Waals surface area contributed by atoms with E-state index in [0.717, 1.165) is 0 Å². The zero-order valence-corrected chi connectivity index (χ0v) is 13.7. The minimum Gasteiger partial charge on any atom is -0.493 e. The molecule has 0 aliphatic heterocycles. The smallest absolute Gasteiger partial charge is 0.330 e. The van der Waals surface area contributed by atoms with Crippen molar-refractivity contribution in [1.29, 1.82) is 0 Å². The van der Waals surface area contributed by atoms with E-state index in [2.05, 4.69) is 5.32 Å². The maximum Gasteiger partial charge on any atom is 0.330 e. The number of amides is 1. The summed E-state index contributed by atoms with van der Waals surface area (Å²) in [4.78, 5) is 23.9. The SMILES string of the molecule is CC(C)COc1cccc(C(=O)N[C@@H](C(=O)O)c2ccccc2)c1. The molecule has 0 radical (unpaired) electrons. The molecule has 0 heterocycles. The molecule has 0 fully saturated rings. The Labute approximate surface area is 141 Å². The maximum absolute atomic E-state index is 12.4. The van der Waals surface area contributed by atoms with Gasteiger partial charge in [0.15, 0.2) is 6.04 Å². The first-order valence-electron chi connectivity index (χ1n) is 7.79. The number of rotatable bonds is 7. The largest absolute Gasteiger partial charge is 0.493 e. The van der Waals surface area contributed by atoms with Gasteiger partial charge in [0.05, 0.1) is 6.61 Å². The zero-order chi connectivity index (χ0) is 17.5. The van der Waals surface area contributed by atoms with Gasteiger partial charge in [0, 0.05) is 5.56 Å². The van der Waals surface area contributed by atoms with Gasteiger partial charge in [0.2, 0.25) is 0 Å². The number of benzene rings is 2. The summed E-state index contributed by atoms with van der Waals surface area (Å²) in [5.74, 6) is -0.608. The Hall–Kier alpha value is -2.82. The number of carbonyl (C=O) groups excluding carboxylic acids is 1. The first kappa shape index (κ1) is 17.5. The summed E-state index contributed by atoms with van der Waals surface area (Å²) in [5.41, 5.74) is 0.879. The van der Waals surface area contributed by atoms with E-state index in [1.807, 2.05) is 13.8 Å². The van der Waals surface area contributed by atoms with Gasteiger partial charge < -0.3 is 15.2 Å². The topological polar surface area (TPSA) is 75.6 Å². The summed E-state index contributed by atoms with van der Waals surface area (Å²) in [7, 11) is 0. The molecule has 24 heavy (non-hydrogen) atoms. The van der Waals surface area contributed by atoms with Crippen molar-refractivity contribution >= 4 is 11.9 Å². The summed E-state index contributed by atoms with van der Waals surface area (Å²) in [5, 5.41) is 11.9. The van der Waals surface area contributed by atoms with Crippen LogP contribution in [0.2, 0.25) is 0 Å². The van der Waals surface area contributed by atoms with Crippen LogP contribution >= 0.6 is 0 Å². The standard InChI is InChI=1S/C19H21NO4/c1-13(2)12-24-16-10-6-9-15(11-16)18(21)20-17(19(22)23)14-7-4-3-5-8-14/h3-11,13,17H,12H2,1-2H3,(H,20,21)(H,22,23)/t17-/m1/s1. The number of ether oxygens (including phenoxy) is 1. The molecule has 2 aromatic rings. The number of carboxylic acids is 1. The summed E-state index contributed by atoms with van der Waals surface area (Å²) < 4.78 is 5.60. The molecule has 2 aromatic carbocycles. The molecule has 0 aliphatic carbocycles. The molecule has 0 bridgehead atoms. The third-order valence-electron chi connectivity index (χ3n) is 3.33. The summed E-state index contributed by atoms with van der Waals surface area (Å²) >= 11 is 0. The number of hydrogen-bond acceptors (Lipinski definition) is 3. The van der Waals surface area contributed by atoms with Crippen molar-refractivity contribution in [2.75, 3.05) is 6.61 Å². The molecule has 5 nitrogen and oxygen atoms in total. The normalized spacial score (nSPS) is 11.8. The Kier molecular flexibility index (Phi) is 5.95. The second-order valence-corrected chi connectivity index (χ2v) is 5.89. The number of hydrogen-bond donors (Lipinski definition) is 2.